The summed E-state index contributed by atoms with van der Waals surface area (Å²) in [7, 11) is 0. The summed E-state index contributed by atoms with van der Waals surface area (Å²) in [5.41, 5.74) is 4.81. The maximum atomic E-state index is 12.4. The van der Waals surface area contributed by atoms with Crippen LogP contribution >= 0.6 is 0 Å². The van der Waals surface area contributed by atoms with Gasteiger partial charge in [-0.2, -0.15) is 0 Å². The molecule has 1 atom stereocenters. The summed E-state index contributed by atoms with van der Waals surface area (Å²) in [6.07, 6.45) is 3.05. The van der Waals surface area contributed by atoms with Crippen molar-refractivity contribution in [3.8, 4) is 11.5 Å². The highest BCUT2D eigenvalue weighted by Crippen LogP contribution is 2.48. The van der Waals surface area contributed by atoms with Crippen LogP contribution in [0.15, 0.2) is 66.7 Å². The fraction of sp³-hybridized carbons (Fsp3) is 0.240. The predicted molar refractivity (Wildman–Crippen MR) is 113 cm³/mol. The number of hydrogen-bond donors (Lipinski definition) is 1. The lowest BCUT2D eigenvalue weighted by molar-refractivity contribution is -0.137. The van der Waals surface area contributed by atoms with E-state index < -0.39 is 11.9 Å². The van der Waals surface area contributed by atoms with Crippen LogP contribution in [0, 0.1) is 0 Å². The highest BCUT2D eigenvalue weighted by Gasteiger charge is 2.35. The number of carbonyl (C=O) groups is 1. The highest BCUT2D eigenvalue weighted by molar-refractivity contribution is 5.85. The Hall–Kier alpha value is -3.27. The third-order valence-electron chi connectivity index (χ3n) is 5.91. The Morgan fingerprint density at radius 1 is 0.966 bits per heavy atom. The molecule has 1 unspecified atom stereocenters. The molecular formula is C25H23NO3. The molecule has 1 saturated heterocycles. The molecular weight excluding hydrogens is 362 g/mol. The van der Waals surface area contributed by atoms with Crippen molar-refractivity contribution in [2.75, 3.05) is 18.0 Å². The van der Waals surface area contributed by atoms with Crippen LogP contribution in [0.3, 0.4) is 0 Å². The Kier molecular flexibility index (Phi) is 4.47. The van der Waals surface area contributed by atoms with Crippen molar-refractivity contribution in [1.82, 2.24) is 0 Å². The third-order valence-corrected chi connectivity index (χ3v) is 5.91. The number of anilines is 1. The van der Waals surface area contributed by atoms with Gasteiger partial charge in [-0.3, -0.25) is 4.79 Å². The SMILES string of the molecule is O=C(O)C1c2ccccc2Oc2cc(N3CCCC3)cc(Cc3ccccc3)c21. The maximum absolute atomic E-state index is 12.4. The monoisotopic (exact) mass is 385 g/mol. The van der Waals surface area contributed by atoms with Crippen LogP contribution in [-0.4, -0.2) is 24.2 Å². The van der Waals surface area contributed by atoms with Gasteiger partial charge in [0.25, 0.3) is 0 Å². The molecule has 3 aromatic rings. The molecule has 146 valence electrons. The van der Waals surface area contributed by atoms with Crippen molar-refractivity contribution in [1.29, 1.82) is 0 Å². The molecule has 0 bridgehead atoms. The lowest BCUT2D eigenvalue weighted by Gasteiger charge is -2.30. The molecule has 0 radical (unpaired) electrons. The minimum atomic E-state index is -0.842. The largest absolute Gasteiger partial charge is 0.481 e. The Balaban J connectivity index is 1.68. The van der Waals surface area contributed by atoms with E-state index >= 15 is 0 Å². The first kappa shape index (κ1) is 17.8. The molecule has 2 aliphatic rings. The van der Waals surface area contributed by atoms with E-state index in [0.29, 0.717) is 17.9 Å². The van der Waals surface area contributed by atoms with Gasteiger partial charge in [-0.1, -0.05) is 48.5 Å². The summed E-state index contributed by atoms with van der Waals surface area (Å²) in [4.78, 5) is 14.7. The number of para-hydroxylation sites is 1. The van der Waals surface area contributed by atoms with Crippen LogP contribution in [0.4, 0.5) is 5.69 Å². The summed E-state index contributed by atoms with van der Waals surface area (Å²) in [5, 5.41) is 10.1. The van der Waals surface area contributed by atoms with Crippen LogP contribution in [0.5, 0.6) is 11.5 Å². The van der Waals surface area contributed by atoms with E-state index in [1.165, 1.54) is 12.8 Å². The molecule has 0 spiro atoms. The Labute approximate surface area is 170 Å². The number of ether oxygens (including phenoxy) is 1. The van der Waals surface area contributed by atoms with Gasteiger partial charge in [0.1, 0.15) is 17.4 Å². The van der Waals surface area contributed by atoms with E-state index in [-0.39, 0.29) is 0 Å². The number of rotatable bonds is 4. The van der Waals surface area contributed by atoms with Gasteiger partial charge >= 0.3 is 5.97 Å². The van der Waals surface area contributed by atoms with E-state index in [1.807, 2.05) is 48.5 Å². The van der Waals surface area contributed by atoms with Crippen molar-refractivity contribution < 1.29 is 14.6 Å². The van der Waals surface area contributed by atoms with Crippen LogP contribution in [-0.2, 0) is 11.2 Å². The predicted octanol–water partition coefficient (Wildman–Crippen LogP) is 5.20. The van der Waals surface area contributed by atoms with Crippen LogP contribution < -0.4 is 9.64 Å². The standard InChI is InChI=1S/C25H23NO3/c27-25(28)24-20-10-4-5-11-21(20)29-22-16-19(26-12-6-7-13-26)15-18(23(22)24)14-17-8-2-1-3-9-17/h1-5,8-11,15-16,24H,6-7,12-14H2,(H,27,28). The fourth-order valence-corrected chi connectivity index (χ4v) is 4.54. The number of hydrogen-bond acceptors (Lipinski definition) is 3. The van der Waals surface area contributed by atoms with Gasteiger partial charge in [0.05, 0.1) is 0 Å². The van der Waals surface area contributed by atoms with Crippen LogP contribution in [0.1, 0.15) is 41.0 Å². The lowest BCUT2D eigenvalue weighted by Crippen LogP contribution is -2.22. The van der Waals surface area contributed by atoms with Crippen molar-refractivity contribution in [3.05, 3.63) is 89.0 Å². The molecule has 0 saturated carbocycles. The molecule has 3 aromatic carbocycles. The first-order chi connectivity index (χ1) is 14.2. The number of benzene rings is 3. The van der Waals surface area contributed by atoms with E-state index in [0.717, 1.165) is 41.0 Å². The lowest BCUT2D eigenvalue weighted by atomic mass is 9.83. The number of carboxylic acid groups (broad SMARTS) is 1. The van der Waals surface area contributed by atoms with E-state index in [4.69, 9.17) is 4.74 Å². The van der Waals surface area contributed by atoms with Crippen molar-refractivity contribution in [3.63, 3.8) is 0 Å². The van der Waals surface area contributed by atoms with Gasteiger partial charge in [-0.05, 0) is 42.5 Å². The summed E-state index contributed by atoms with van der Waals surface area (Å²) in [5.74, 6) is -0.255. The zero-order valence-corrected chi connectivity index (χ0v) is 16.2. The maximum Gasteiger partial charge on any atom is 0.315 e. The quantitative estimate of drug-likeness (QED) is 0.671. The van der Waals surface area contributed by atoms with Gasteiger partial charge in [0.15, 0.2) is 0 Å². The Morgan fingerprint density at radius 2 is 1.69 bits per heavy atom. The van der Waals surface area contributed by atoms with Gasteiger partial charge < -0.3 is 14.7 Å². The Bertz CT molecular complexity index is 1050. The summed E-state index contributed by atoms with van der Waals surface area (Å²) in [6.45, 7) is 2.06. The molecule has 2 aliphatic heterocycles. The second kappa shape index (κ2) is 7.28. The Morgan fingerprint density at radius 3 is 2.45 bits per heavy atom. The molecule has 29 heavy (non-hydrogen) atoms. The molecule has 0 aliphatic carbocycles. The van der Waals surface area contributed by atoms with E-state index in [9.17, 15) is 9.90 Å². The first-order valence-corrected chi connectivity index (χ1v) is 10.2. The number of fused-ring (bicyclic) bond motifs is 2. The van der Waals surface area contributed by atoms with Crippen molar-refractivity contribution in [2.24, 2.45) is 0 Å². The number of nitrogens with zero attached hydrogens (tertiary/aromatic N) is 1. The molecule has 4 nitrogen and oxygen atoms in total. The van der Waals surface area contributed by atoms with E-state index in [2.05, 4.69) is 23.1 Å². The minimum Gasteiger partial charge on any atom is -0.481 e. The fourth-order valence-electron chi connectivity index (χ4n) is 4.54. The minimum absolute atomic E-state index is 0.636. The third kappa shape index (κ3) is 3.25. The zero-order valence-electron chi connectivity index (χ0n) is 16.2. The summed E-state index contributed by atoms with van der Waals surface area (Å²) >= 11 is 0. The second-order valence-electron chi connectivity index (χ2n) is 7.78. The topological polar surface area (TPSA) is 49.8 Å². The van der Waals surface area contributed by atoms with Crippen LogP contribution in [0.2, 0.25) is 0 Å². The van der Waals surface area contributed by atoms with Gasteiger partial charge in [-0.15, -0.1) is 0 Å². The highest BCUT2D eigenvalue weighted by atomic mass is 16.5. The molecule has 0 amide bonds. The van der Waals surface area contributed by atoms with Crippen molar-refractivity contribution >= 4 is 11.7 Å². The molecule has 1 N–H and O–H groups in total. The van der Waals surface area contributed by atoms with Gasteiger partial charge in [0, 0.05) is 36.0 Å². The smallest absolute Gasteiger partial charge is 0.315 e. The molecule has 5 rings (SSSR count). The van der Waals surface area contributed by atoms with Crippen molar-refractivity contribution in [2.45, 2.75) is 25.2 Å². The first-order valence-electron chi connectivity index (χ1n) is 10.2. The molecule has 2 heterocycles. The average Bonchev–Trinajstić information content (AvgIpc) is 3.27. The summed E-state index contributed by atoms with van der Waals surface area (Å²) in [6, 6.07) is 21.9. The normalized spacial score (nSPS) is 17.4. The van der Waals surface area contributed by atoms with E-state index in [1.54, 1.807) is 0 Å². The number of carboxylic acids is 1. The second-order valence-corrected chi connectivity index (χ2v) is 7.78. The zero-order chi connectivity index (χ0) is 19.8. The van der Waals surface area contributed by atoms with Crippen LogP contribution in [0.25, 0.3) is 0 Å². The summed E-state index contributed by atoms with van der Waals surface area (Å²) < 4.78 is 6.25. The number of aliphatic carboxylic acids is 1. The molecule has 1 fully saturated rings. The van der Waals surface area contributed by atoms with Gasteiger partial charge in [0.2, 0.25) is 0 Å². The molecule has 4 heteroatoms. The molecule has 0 aromatic heterocycles. The average molecular weight is 385 g/mol. The van der Waals surface area contributed by atoms with Gasteiger partial charge in [-0.25, -0.2) is 0 Å².